The van der Waals surface area contributed by atoms with Crippen molar-refractivity contribution >= 4 is 22.5 Å². The van der Waals surface area contributed by atoms with Gasteiger partial charge in [-0.25, -0.2) is 0 Å². The number of fused-ring (bicyclic) bond motifs is 1. The van der Waals surface area contributed by atoms with Gasteiger partial charge in [0.2, 0.25) is 0 Å². The Morgan fingerprint density at radius 1 is 1.29 bits per heavy atom. The molecule has 0 atom stereocenters. The molecule has 0 aliphatic carbocycles. The molecule has 2 nitrogen and oxygen atoms in total. The van der Waals surface area contributed by atoms with Gasteiger partial charge in [-0.05, 0) is 36.7 Å². The van der Waals surface area contributed by atoms with Crippen LogP contribution in [0.3, 0.4) is 0 Å². The highest BCUT2D eigenvalue weighted by atomic mass is 35.5. The number of aromatic nitrogens is 1. The molecule has 0 saturated carbocycles. The lowest BCUT2D eigenvalue weighted by Gasteiger charge is -2.05. The molecule has 0 aliphatic rings. The quantitative estimate of drug-likeness (QED) is 0.820. The van der Waals surface area contributed by atoms with E-state index in [1.165, 1.54) is 0 Å². The highest BCUT2D eigenvalue weighted by Crippen LogP contribution is 2.24. The van der Waals surface area contributed by atoms with Crippen molar-refractivity contribution in [2.45, 2.75) is 6.42 Å². The van der Waals surface area contributed by atoms with Gasteiger partial charge in [0.05, 0.1) is 5.52 Å². The Morgan fingerprint density at radius 2 is 2.14 bits per heavy atom. The number of halogens is 1. The van der Waals surface area contributed by atoms with E-state index < -0.39 is 0 Å². The zero-order valence-corrected chi connectivity index (χ0v) is 8.46. The van der Waals surface area contributed by atoms with Crippen molar-refractivity contribution in [1.29, 1.82) is 0 Å². The number of benzene rings is 1. The lowest BCUT2D eigenvalue weighted by Crippen LogP contribution is -2.03. The summed E-state index contributed by atoms with van der Waals surface area (Å²) in [6.07, 6.45) is 2.61. The zero-order valence-electron chi connectivity index (χ0n) is 7.70. The number of pyridine rings is 1. The number of rotatable bonds is 2. The van der Waals surface area contributed by atoms with E-state index in [0.717, 1.165) is 27.9 Å². The molecule has 1 heterocycles. The highest BCUT2D eigenvalue weighted by Gasteiger charge is 2.03. The molecule has 0 unspecified atom stereocenters. The molecule has 1 aromatic carbocycles. The van der Waals surface area contributed by atoms with Gasteiger partial charge in [-0.3, -0.25) is 4.98 Å². The fourth-order valence-corrected chi connectivity index (χ4v) is 1.77. The van der Waals surface area contributed by atoms with Crippen molar-refractivity contribution in [1.82, 2.24) is 4.98 Å². The van der Waals surface area contributed by atoms with Crippen molar-refractivity contribution in [3.63, 3.8) is 0 Å². The molecule has 2 aromatic rings. The van der Waals surface area contributed by atoms with Gasteiger partial charge in [-0.1, -0.05) is 17.7 Å². The van der Waals surface area contributed by atoms with Crippen LogP contribution in [0.4, 0.5) is 0 Å². The Kier molecular flexibility index (Phi) is 2.66. The number of nitrogens with zero attached hydrogens (tertiary/aromatic N) is 1. The molecule has 0 radical (unpaired) electrons. The normalized spacial score (nSPS) is 10.7. The first-order chi connectivity index (χ1) is 6.83. The fraction of sp³-hybridized carbons (Fsp3) is 0.182. The van der Waals surface area contributed by atoms with Crippen LogP contribution in [0.15, 0.2) is 30.5 Å². The summed E-state index contributed by atoms with van der Waals surface area (Å²) in [4.78, 5) is 4.32. The van der Waals surface area contributed by atoms with Gasteiger partial charge < -0.3 is 5.73 Å². The molecule has 2 rings (SSSR count). The van der Waals surface area contributed by atoms with E-state index in [4.69, 9.17) is 17.3 Å². The van der Waals surface area contributed by atoms with Gasteiger partial charge in [0, 0.05) is 16.6 Å². The SMILES string of the molecule is NCCc1ccc(Cl)c2cccnc12. The monoisotopic (exact) mass is 206 g/mol. The summed E-state index contributed by atoms with van der Waals surface area (Å²) >= 11 is 6.06. The van der Waals surface area contributed by atoms with Crippen LogP contribution in [0.1, 0.15) is 5.56 Å². The van der Waals surface area contributed by atoms with Crippen LogP contribution in [0.5, 0.6) is 0 Å². The first kappa shape index (κ1) is 9.44. The Hall–Kier alpha value is -1.12. The molecule has 0 amide bonds. The third-order valence-electron chi connectivity index (χ3n) is 2.21. The van der Waals surface area contributed by atoms with Crippen LogP contribution >= 0.6 is 11.6 Å². The van der Waals surface area contributed by atoms with E-state index >= 15 is 0 Å². The minimum atomic E-state index is 0.632. The van der Waals surface area contributed by atoms with Crippen molar-refractivity contribution < 1.29 is 0 Å². The van der Waals surface area contributed by atoms with Gasteiger partial charge >= 0.3 is 0 Å². The van der Waals surface area contributed by atoms with Crippen molar-refractivity contribution in [3.8, 4) is 0 Å². The van der Waals surface area contributed by atoms with Crippen LogP contribution < -0.4 is 5.73 Å². The minimum Gasteiger partial charge on any atom is -0.330 e. The van der Waals surface area contributed by atoms with E-state index in [2.05, 4.69) is 4.98 Å². The summed E-state index contributed by atoms with van der Waals surface area (Å²) in [5, 5.41) is 1.74. The fourth-order valence-electron chi connectivity index (χ4n) is 1.55. The Balaban J connectivity index is 2.68. The Bertz CT molecular complexity index is 454. The average molecular weight is 207 g/mol. The Morgan fingerprint density at radius 3 is 2.93 bits per heavy atom. The molecule has 3 heteroatoms. The molecule has 0 aliphatic heterocycles. The second-order valence-corrected chi connectivity index (χ2v) is 3.55. The summed E-state index contributed by atoms with van der Waals surface area (Å²) in [6, 6.07) is 7.76. The summed E-state index contributed by atoms with van der Waals surface area (Å²) in [6.45, 7) is 0.632. The minimum absolute atomic E-state index is 0.632. The molecule has 0 fully saturated rings. The third-order valence-corrected chi connectivity index (χ3v) is 2.54. The molecule has 1 aromatic heterocycles. The number of hydrogen-bond acceptors (Lipinski definition) is 2. The number of nitrogens with two attached hydrogens (primary N) is 1. The van der Waals surface area contributed by atoms with E-state index in [-0.39, 0.29) is 0 Å². The molecule has 72 valence electrons. The molecule has 14 heavy (non-hydrogen) atoms. The molecular weight excluding hydrogens is 196 g/mol. The topological polar surface area (TPSA) is 38.9 Å². The summed E-state index contributed by atoms with van der Waals surface area (Å²) in [7, 11) is 0. The summed E-state index contributed by atoms with van der Waals surface area (Å²) < 4.78 is 0. The summed E-state index contributed by atoms with van der Waals surface area (Å²) in [5.74, 6) is 0. The van der Waals surface area contributed by atoms with Crippen LogP contribution in [0.25, 0.3) is 10.9 Å². The van der Waals surface area contributed by atoms with E-state index in [9.17, 15) is 0 Å². The smallest absolute Gasteiger partial charge is 0.0749 e. The van der Waals surface area contributed by atoms with Crippen molar-refractivity contribution in [3.05, 3.63) is 41.0 Å². The molecule has 0 bridgehead atoms. The molecule has 0 saturated heterocycles. The maximum absolute atomic E-state index is 6.06. The molecular formula is C11H11ClN2. The van der Waals surface area contributed by atoms with Crippen LogP contribution in [-0.4, -0.2) is 11.5 Å². The lowest BCUT2D eigenvalue weighted by atomic mass is 10.1. The molecule has 0 spiro atoms. The third kappa shape index (κ3) is 1.59. The second kappa shape index (κ2) is 3.95. The second-order valence-electron chi connectivity index (χ2n) is 3.14. The highest BCUT2D eigenvalue weighted by molar-refractivity contribution is 6.35. The van der Waals surface area contributed by atoms with Gasteiger partial charge in [0.15, 0.2) is 0 Å². The maximum atomic E-state index is 6.06. The van der Waals surface area contributed by atoms with E-state index in [0.29, 0.717) is 6.54 Å². The Labute approximate surface area is 87.7 Å². The summed E-state index contributed by atoms with van der Waals surface area (Å²) in [5.41, 5.74) is 7.65. The van der Waals surface area contributed by atoms with Gasteiger partial charge in [-0.2, -0.15) is 0 Å². The lowest BCUT2D eigenvalue weighted by molar-refractivity contribution is 0.973. The largest absolute Gasteiger partial charge is 0.330 e. The van der Waals surface area contributed by atoms with Crippen LogP contribution in [-0.2, 0) is 6.42 Å². The first-order valence-electron chi connectivity index (χ1n) is 4.55. The van der Waals surface area contributed by atoms with Crippen LogP contribution in [0, 0.1) is 0 Å². The molecule has 2 N–H and O–H groups in total. The van der Waals surface area contributed by atoms with Gasteiger partial charge in [0.25, 0.3) is 0 Å². The van der Waals surface area contributed by atoms with Crippen molar-refractivity contribution in [2.75, 3.05) is 6.54 Å². The average Bonchev–Trinajstić information content (AvgIpc) is 2.23. The predicted octanol–water partition coefficient (Wildman–Crippen LogP) is 2.39. The van der Waals surface area contributed by atoms with Crippen LogP contribution in [0.2, 0.25) is 5.02 Å². The van der Waals surface area contributed by atoms with E-state index in [1.54, 1.807) is 6.20 Å². The van der Waals surface area contributed by atoms with Crippen molar-refractivity contribution in [2.24, 2.45) is 5.73 Å². The predicted molar refractivity (Wildman–Crippen MR) is 59.5 cm³/mol. The zero-order chi connectivity index (χ0) is 9.97. The number of hydrogen-bond donors (Lipinski definition) is 1. The first-order valence-corrected chi connectivity index (χ1v) is 4.93. The van der Waals surface area contributed by atoms with E-state index in [1.807, 2.05) is 24.3 Å². The maximum Gasteiger partial charge on any atom is 0.0749 e. The van der Waals surface area contributed by atoms with Gasteiger partial charge in [0.1, 0.15) is 0 Å². The van der Waals surface area contributed by atoms with Gasteiger partial charge in [-0.15, -0.1) is 0 Å². The standard InChI is InChI=1S/C11H11ClN2/c12-10-4-3-8(5-6-13)11-9(10)2-1-7-14-11/h1-4,7H,5-6,13H2.